The van der Waals surface area contributed by atoms with E-state index in [1.807, 2.05) is 24.8 Å². The number of aromatic nitrogens is 2. The summed E-state index contributed by atoms with van der Waals surface area (Å²) >= 11 is 7.74. The van der Waals surface area contributed by atoms with Gasteiger partial charge in [-0.1, -0.05) is 0 Å². The Labute approximate surface area is 92.7 Å². The molecule has 3 nitrogen and oxygen atoms in total. The highest BCUT2D eigenvalue weighted by molar-refractivity contribution is 7.99. The largest absolute Gasteiger partial charge is 0.366 e. The van der Waals surface area contributed by atoms with E-state index in [9.17, 15) is 0 Å². The predicted molar refractivity (Wildman–Crippen MR) is 61.1 cm³/mol. The van der Waals surface area contributed by atoms with Crippen molar-refractivity contribution >= 4 is 29.2 Å². The molecular formula is C9H12ClN3S. The SMILES string of the molecule is Cc1cc(NC2CCSC2)nc(Cl)n1. The predicted octanol–water partition coefficient (Wildman–Crippen LogP) is 2.36. The summed E-state index contributed by atoms with van der Waals surface area (Å²) < 4.78 is 0. The van der Waals surface area contributed by atoms with Crippen molar-refractivity contribution in [2.24, 2.45) is 0 Å². The maximum atomic E-state index is 5.77. The number of aryl methyl sites for hydroxylation is 1. The number of hydrogen-bond acceptors (Lipinski definition) is 4. The van der Waals surface area contributed by atoms with Crippen LogP contribution in [0.2, 0.25) is 5.28 Å². The zero-order valence-corrected chi connectivity index (χ0v) is 9.53. The number of thioether (sulfide) groups is 1. The van der Waals surface area contributed by atoms with Crippen LogP contribution in [0, 0.1) is 6.92 Å². The maximum absolute atomic E-state index is 5.77. The second-order valence-corrected chi connectivity index (χ2v) is 4.86. The van der Waals surface area contributed by atoms with Crippen LogP contribution < -0.4 is 5.32 Å². The Hall–Kier alpha value is -0.480. The number of hydrogen-bond donors (Lipinski definition) is 1. The van der Waals surface area contributed by atoms with Crippen LogP contribution in [0.5, 0.6) is 0 Å². The first-order valence-electron chi connectivity index (χ1n) is 4.59. The molecule has 1 aromatic heterocycles. The lowest BCUT2D eigenvalue weighted by atomic mass is 10.2. The molecule has 0 amide bonds. The average molecular weight is 230 g/mol. The van der Waals surface area contributed by atoms with Crippen molar-refractivity contribution in [3.8, 4) is 0 Å². The Morgan fingerprint density at radius 1 is 1.57 bits per heavy atom. The molecule has 2 rings (SSSR count). The van der Waals surface area contributed by atoms with Gasteiger partial charge in [0.1, 0.15) is 5.82 Å². The second-order valence-electron chi connectivity index (χ2n) is 3.37. The Morgan fingerprint density at radius 3 is 3.07 bits per heavy atom. The normalized spacial score (nSPS) is 21.1. The molecule has 0 radical (unpaired) electrons. The van der Waals surface area contributed by atoms with Gasteiger partial charge in [0.2, 0.25) is 5.28 Å². The second kappa shape index (κ2) is 4.36. The third-order valence-electron chi connectivity index (χ3n) is 2.11. The summed E-state index contributed by atoms with van der Waals surface area (Å²) in [6.07, 6.45) is 1.20. The average Bonchev–Trinajstić information content (AvgIpc) is 2.54. The number of rotatable bonds is 2. The first kappa shape index (κ1) is 10.1. The van der Waals surface area contributed by atoms with Crippen LogP contribution in [0.4, 0.5) is 5.82 Å². The van der Waals surface area contributed by atoms with Gasteiger partial charge in [-0.2, -0.15) is 11.8 Å². The van der Waals surface area contributed by atoms with E-state index in [1.54, 1.807) is 0 Å². The lowest BCUT2D eigenvalue weighted by Crippen LogP contribution is -2.19. The Morgan fingerprint density at radius 2 is 2.43 bits per heavy atom. The summed E-state index contributed by atoms with van der Waals surface area (Å²) in [4.78, 5) is 8.15. The monoisotopic (exact) mass is 229 g/mol. The summed E-state index contributed by atoms with van der Waals surface area (Å²) in [7, 11) is 0. The van der Waals surface area contributed by atoms with Crippen molar-refractivity contribution in [3.05, 3.63) is 17.0 Å². The molecule has 1 N–H and O–H groups in total. The van der Waals surface area contributed by atoms with E-state index in [4.69, 9.17) is 11.6 Å². The fraction of sp³-hybridized carbons (Fsp3) is 0.556. The Bertz CT molecular complexity index is 306. The zero-order chi connectivity index (χ0) is 9.97. The molecule has 2 heterocycles. The van der Waals surface area contributed by atoms with E-state index in [0.717, 1.165) is 17.3 Å². The van der Waals surface area contributed by atoms with Crippen LogP contribution in [-0.4, -0.2) is 27.5 Å². The third kappa shape index (κ3) is 2.51. The van der Waals surface area contributed by atoms with Crippen LogP contribution >= 0.6 is 23.4 Å². The lowest BCUT2D eigenvalue weighted by molar-refractivity contribution is 0.805. The molecule has 0 aliphatic carbocycles. The molecule has 1 aliphatic heterocycles. The topological polar surface area (TPSA) is 37.8 Å². The molecule has 0 bridgehead atoms. The molecule has 0 aromatic carbocycles. The summed E-state index contributed by atoms with van der Waals surface area (Å²) in [5.74, 6) is 3.23. The van der Waals surface area contributed by atoms with Gasteiger partial charge < -0.3 is 5.32 Å². The van der Waals surface area contributed by atoms with Gasteiger partial charge in [-0.05, 0) is 30.7 Å². The molecule has 1 atom stereocenters. The van der Waals surface area contributed by atoms with Gasteiger partial charge in [-0.25, -0.2) is 9.97 Å². The first-order valence-corrected chi connectivity index (χ1v) is 6.13. The van der Waals surface area contributed by atoms with Crippen LogP contribution in [0.25, 0.3) is 0 Å². The first-order chi connectivity index (χ1) is 6.74. The highest BCUT2D eigenvalue weighted by atomic mass is 35.5. The van der Waals surface area contributed by atoms with Gasteiger partial charge in [0.15, 0.2) is 0 Å². The van der Waals surface area contributed by atoms with Crippen molar-refractivity contribution in [1.82, 2.24) is 9.97 Å². The van der Waals surface area contributed by atoms with Crippen molar-refractivity contribution in [2.75, 3.05) is 16.8 Å². The number of nitrogens with zero attached hydrogens (tertiary/aromatic N) is 2. The molecule has 14 heavy (non-hydrogen) atoms. The fourth-order valence-corrected chi connectivity index (χ4v) is 2.84. The van der Waals surface area contributed by atoms with Crippen molar-refractivity contribution < 1.29 is 0 Å². The van der Waals surface area contributed by atoms with E-state index in [0.29, 0.717) is 11.3 Å². The van der Waals surface area contributed by atoms with Crippen molar-refractivity contribution in [1.29, 1.82) is 0 Å². The van der Waals surface area contributed by atoms with E-state index in [-0.39, 0.29) is 0 Å². The maximum Gasteiger partial charge on any atom is 0.224 e. The van der Waals surface area contributed by atoms with E-state index >= 15 is 0 Å². The molecule has 0 spiro atoms. The quantitative estimate of drug-likeness (QED) is 0.791. The molecule has 1 fully saturated rings. The smallest absolute Gasteiger partial charge is 0.224 e. The van der Waals surface area contributed by atoms with Gasteiger partial charge in [0.05, 0.1) is 0 Å². The molecule has 5 heteroatoms. The minimum atomic E-state index is 0.318. The van der Waals surface area contributed by atoms with E-state index < -0.39 is 0 Å². The number of nitrogens with one attached hydrogen (secondary N) is 1. The van der Waals surface area contributed by atoms with Crippen molar-refractivity contribution in [2.45, 2.75) is 19.4 Å². The third-order valence-corrected chi connectivity index (χ3v) is 3.44. The minimum absolute atomic E-state index is 0.318. The van der Waals surface area contributed by atoms with Gasteiger partial charge in [-0.3, -0.25) is 0 Å². The minimum Gasteiger partial charge on any atom is -0.366 e. The Balaban J connectivity index is 2.07. The standard InChI is InChI=1S/C9H12ClN3S/c1-6-4-8(13-9(10)11-6)12-7-2-3-14-5-7/h4,7H,2-3,5H2,1H3,(H,11,12,13). The number of anilines is 1. The number of halogens is 1. The van der Waals surface area contributed by atoms with E-state index in [2.05, 4.69) is 15.3 Å². The van der Waals surface area contributed by atoms with Gasteiger partial charge in [0, 0.05) is 23.6 Å². The van der Waals surface area contributed by atoms with Crippen LogP contribution in [0.3, 0.4) is 0 Å². The highest BCUT2D eigenvalue weighted by Crippen LogP contribution is 2.21. The summed E-state index contributed by atoms with van der Waals surface area (Å²) in [5.41, 5.74) is 0.901. The van der Waals surface area contributed by atoms with Crippen molar-refractivity contribution in [3.63, 3.8) is 0 Å². The molecule has 1 aromatic rings. The fourth-order valence-electron chi connectivity index (χ4n) is 1.46. The Kier molecular flexibility index (Phi) is 3.13. The van der Waals surface area contributed by atoms with Gasteiger partial charge in [0.25, 0.3) is 0 Å². The molecule has 1 aliphatic rings. The van der Waals surface area contributed by atoms with Crippen LogP contribution in [0.1, 0.15) is 12.1 Å². The molecule has 1 unspecified atom stereocenters. The van der Waals surface area contributed by atoms with Crippen LogP contribution in [0.15, 0.2) is 6.07 Å². The molecule has 76 valence electrons. The zero-order valence-electron chi connectivity index (χ0n) is 7.96. The molecule has 1 saturated heterocycles. The molecule has 0 saturated carbocycles. The lowest BCUT2D eigenvalue weighted by Gasteiger charge is -2.11. The van der Waals surface area contributed by atoms with E-state index in [1.165, 1.54) is 12.2 Å². The van der Waals surface area contributed by atoms with Gasteiger partial charge >= 0.3 is 0 Å². The summed E-state index contributed by atoms with van der Waals surface area (Å²) in [6.45, 7) is 1.92. The summed E-state index contributed by atoms with van der Waals surface area (Å²) in [5, 5.41) is 3.68. The highest BCUT2D eigenvalue weighted by Gasteiger charge is 2.15. The molecular weight excluding hydrogens is 218 g/mol. The summed E-state index contributed by atoms with van der Waals surface area (Å²) in [6, 6.07) is 2.46. The van der Waals surface area contributed by atoms with Crippen LogP contribution in [-0.2, 0) is 0 Å². The van der Waals surface area contributed by atoms with Gasteiger partial charge in [-0.15, -0.1) is 0 Å².